The Morgan fingerprint density at radius 1 is 0.935 bits per heavy atom. The number of rotatable bonds is 3. The molecule has 1 aromatic heterocycles. The van der Waals surface area contributed by atoms with Crippen molar-refractivity contribution in [1.82, 2.24) is 4.57 Å². The molecule has 1 saturated heterocycles. The zero-order valence-electron chi connectivity index (χ0n) is 18.3. The zero-order valence-corrected chi connectivity index (χ0v) is 18.3. The van der Waals surface area contributed by atoms with E-state index in [1.165, 1.54) is 5.69 Å². The maximum Gasteiger partial charge on any atom is 0.258 e. The van der Waals surface area contributed by atoms with Gasteiger partial charge >= 0.3 is 0 Å². The second kappa shape index (κ2) is 7.75. The summed E-state index contributed by atoms with van der Waals surface area (Å²) in [6.07, 6.45) is 2.03. The fourth-order valence-electron chi connectivity index (χ4n) is 4.66. The van der Waals surface area contributed by atoms with Crippen molar-refractivity contribution in [3.8, 4) is 5.69 Å². The summed E-state index contributed by atoms with van der Waals surface area (Å²) in [7, 11) is 1.83. The largest absolute Gasteiger partial charge is 0.378 e. The molecular formula is C26H27N3O2. The highest BCUT2D eigenvalue weighted by molar-refractivity contribution is 6.35. The van der Waals surface area contributed by atoms with Crippen LogP contribution in [0.2, 0.25) is 0 Å². The molecule has 0 atom stereocenters. The molecule has 0 spiro atoms. The summed E-state index contributed by atoms with van der Waals surface area (Å²) in [6.45, 7) is 7.66. The van der Waals surface area contributed by atoms with E-state index in [2.05, 4.69) is 53.6 Å². The summed E-state index contributed by atoms with van der Waals surface area (Å²) in [5, 5.41) is 0. The van der Waals surface area contributed by atoms with Gasteiger partial charge in [0, 0.05) is 54.0 Å². The van der Waals surface area contributed by atoms with Gasteiger partial charge < -0.3 is 19.1 Å². The molecule has 1 amide bonds. The van der Waals surface area contributed by atoms with Gasteiger partial charge in [-0.2, -0.15) is 0 Å². The molecule has 0 unspecified atom stereocenters. The van der Waals surface area contributed by atoms with Crippen LogP contribution in [0.5, 0.6) is 0 Å². The fourth-order valence-corrected chi connectivity index (χ4v) is 4.66. The lowest BCUT2D eigenvalue weighted by atomic mass is 10.0. The Morgan fingerprint density at radius 2 is 1.61 bits per heavy atom. The molecule has 0 saturated carbocycles. The Kier molecular flexibility index (Phi) is 4.91. The number of aromatic nitrogens is 1. The van der Waals surface area contributed by atoms with E-state index >= 15 is 0 Å². The zero-order chi connectivity index (χ0) is 21.5. The maximum absolute atomic E-state index is 12.9. The number of anilines is 2. The Bertz CT molecular complexity index is 1170. The summed E-state index contributed by atoms with van der Waals surface area (Å²) in [6, 6.07) is 18.8. The van der Waals surface area contributed by atoms with Gasteiger partial charge in [-0.25, -0.2) is 0 Å². The van der Waals surface area contributed by atoms with E-state index in [0.29, 0.717) is 0 Å². The second-order valence-corrected chi connectivity index (χ2v) is 8.22. The van der Waals surface area contributed by atoms with Gasteiger partial charge in [0.05, 0.1) is 18.9 Å². The first-order chi connectivity index (χ1) is 15.0. The van der Waals surface area contributed by atoms with Crippen molar-refractivity contribution < 1.29 is 9.53 Å². The molecular weight excluding hydrogens is 386 g/mol. The number of likely N-dealkylation sites (N-methyl/N-ethyl adjacent to an activating group) is 1. The van der Waals surface area contributed by atoms with Crippen molar-refractivity contribution in [3.05, 3.63) is 77.1 Å². The van der Waals surface area contributed by atoms with Crippen LogP contribution in [0, 0.1) is 13.8 Å². The number of nitrogens with zero attached hydrogens (tertiary/aromatic N) is 3. The van der Waals surface area contributed by atoms with Gasteiger partial charge in [-0.05, 0) is 61.9 Å². The van der Waals surface area contributed by atoms with Crippen molar-refractivity contribution in [1.29, 1.82) is 0 Å². The molecule has 0 aliphatic carbocycles. The van der Waals surface area contributed by atoms with Crippen molar-refractivity contribution in [2.24, 2.45) is 0 Å². The van der Waals surface area contributed by atoms with Crippen LogP contribution in [0.15, 0.2) is 54.6 Å². The first-order valence-corrected chi connectivity index (χ1v) is 10.8. The first-order valence-electron chi connectivity index (χ1n) is 10.8. The molecule has 5 heteroatoms. The predicted molar refractivity (Wildman–Crippen MR) is 126 cm³/mol. The van der Waals surface area contributed by atoms with E-state index < -0.39 is 0 Å². The number of hydrogen-bond donors (Lipinski definition) is 0. The van der Waals surface area contributed by atoms with Crippen LogP contribution in [0.4, 0.5) is 11.4 Å². The van der Waals surface area contributed by atoms with Gasteiger partial charge in [0.15, 0.2) is 0 Å². The Labute approximate surface area is 183 Å². The van der Waals surface area contributed by atoms with Crippen LogP contribution in [-0.2, 0) is 9.53 Å². The van der Waals surface area contributed by atoms with E-state index in [4.69, 9.17) is 4.74 Å². The van der Waals surface area contributed by atoms with Gasteiger partial charge in [0.1, 0.15) is 0 Å². The summed E-state index contributed by atoms with van der Waals surface area (Å²) >= 11 is 0. The van der Waals surface area contributed by atoms with Crippen LogP contribution < -0.4 is 9.80 Å². The summed E-state index contributed by atoms with van der Waals surface area (Å²) in [4.78, 5) is 17.0. The number of carbonyl (C=O) groups is 1. The normalized spacial score (nSPS) is 17.5. The average Bonchev–Trinajstić information content (AvgIpc) is 3.22. The molecule has 3 heterocycles. The average molecular weight is 414 g/mol. The molecule has 1 fully saturated rings. The number of para-hydroxylation sites is 1. The summed E-state index contributed by atoms with van der Waals surface area (Å²) in [5.41, 5.74) is 8.42. The smallest absolute Gasteiger partial charge is 0.258 e. The van der Waals surface area contributed by atoms with Crippen molar-refractivity contribution >= 4 is 28.9 Å². The van der Waals surface area contributed by atoms with Gasteiger partial charge in [0.2, 0.25) is 0 Å². The number of aryl methyl sites for hydroxylation is 1. The van der Waals surface area contributed by atoms with Crippen LogP contribution in [0.1, 0.15) is 22.5 Å². The minimum atomic E-state index is 0.0425. The molecule has 158 valence electrons. The maximum atomic E-state index is 12.9. The minimum absolute atomic E-state index is 0.0425. The number of hydrogen-bond acceptors (Lipinski definition) is 3. The lowest BCUT2D eigenvalue weighted by Gasteiger charge is -2.29. The van der Waals surface area contributed by atoms with Crippen molar-refractivity contribution in [3.63, 3.8) is 0 Å². The van der Waals surface area contributed by atoms with Crippen LogP contribution >= 0.6 is 0 Å². The highest BCUT2D eigenvalue weighted by Gasteiger charge is 2.29. The molecule has 2 aliphatic rings. The van der Waals surface area contributed by atoms with Crippen molar-refractivity contribution in [2.75, 3.05) is 43.2 Å². The topological polar surface area (TPSA) is 37.7 Å². The van der Waals surface area contributed by atoms with E-state index in [9.17, 15) is 4.79 Å². The molecule has 5 rings (SSSR count). The Hall–Kier alpha value is -3.31. The van der Waals surface area contributed by atoms with Crippen LogP contribution in [0.3, 0.4) is 0 Å². The third kappa shape index (κ3) is 3.35. The monoisotopic (exact) mass is 413 g/mol. The number of carbonyl (C=O) groups excluding carboxylic acids is 1. The number of amides is 1. The second-order valence-electron chi connectivity index (χ2n) is 8.22. The Morgan fingerprint density at radius 3 is 2.35 bits per heavy atom. The third-order valence-electron chi connectivity index (χ3n) is 6.34. The van der Waals surface area contributed by atoms with E-state index in [0.717, 1.165) is 65.8 Å². The predicted octanol–water partition coefficient (Wildman–Crippen LogP) is 4.45. The summed E-state index contributed by atoms with van der Waals surface area (Å²) < 4.78 is 7.72. The molecule has 5 nitrogen and oxygen atoms in total. The fraction of sp³-hybridized carbons (Fsp3) is 0.269. The molecule has 0 radical (unpaired) electrons. The number of ether oxygens (including phenoxy) is 1. The SMILES string of the molecule is Cc1cc(/C=C2/C(=O)N(C)c3ccccc32)c(C)n1-c1ccc(N2CCOCC2)cc1. The molecule has 31 heavy (non-hydrogen) atoms. The molecule has 2 aromatic carbocycles. The van der Waals surface area contributed by atoms with E-state index in [-0.39, 0.29) is 5.91 Å². The summed E-state index contributed by atoms with van der Waals surface area (Å²) in [5.74, 6) is 0.0425. The molecule has 3 aromatic rings. The standard InChI is InChI=1S/C26H27N3O2/c1-18-16-20(17-24-23-6-4-5-7-25(23)27(3)26(24)30)19(2)29(18)22-10-8-21(9-11-22)28-12-14-31-15-13-28/h4-11,16-17H,12-15H2,1-3H3/b24-17+. The Balaban J connectivity index is 1.49. The van der Waals surface area contributed by atoms with Gasteiger partial charge in [-0.1, -0.05) is 18.2 Å². The third-order valence-corrected chi connectivity index (χ3v) is 6.34. The minimum Gasteiger partial charge on any atom is -0.378 e. The highest BCUT2D eigenvalue weighted by Crippen LogP contribution is 2.37. The lowest BCUT2D eigenvalue weighted by Crippen LogP contribution is -2.36. The van der Waals surface area contributed by atoms with Gasteiger partial charge in [-0.15, -0.1) is 0 Å². The van der Waals surface area contributed by atoms with Crippen molar-refractivity contribution in [2.45, 2.75) is 13.8 Å². The number of fused-ring (bicyclic) bond motifs is 1. The lowest BCUT2D eigenvalue weighted by molar-refractivity contribution is -0.112. The molecule has 2 aliphatic heterocycles. The highest BCUT2D eigenvalue weighted by atomic mass is 16.5. The number of benzene rings is 2. The first kappa shape index (κ1) is 19.6. The molecule has 0 bridgehead atoms. The van der Waals surface area contributed by atoms with Gasteiger partial charge in [0.25, 0.3) is 5.91 Å². The van der Waals surface area contributed by atoms with Crippen LogP contribution in [-0.4, -0.2) is 43.8 Å². The van der Waals surface area contributed by atoms with Crippen LogP contribution in [0.25, 0.3) is 17.3 Å². The van der Waals surface area contributed by atoms with Gasteiger partial charge in [-0.3, -0.25) is 4.79 Å². The number of morpholine rings is 1. The quantitative estimate of drug-likeness (QED) is 0.596. The van der Waals surface area contributed by atoms with E-state index in [1.54, 1.807) is 4.90 Å². The molecule has 0 N–H and O–H groups in total. The van der Waals surface area contributed by atoms with E-state index in [1.807, 2.05) is 37.4 Å².